The van der Waals surface area contributed by atoms with Crippen LogP contribution in [0.4, 0.5) is 14.5 Å². The summed E-state index contributed by atoms with van der Waals surface area (Å²) >= 11 is 0. The van der Waals surface area contributed by atoms with E-state index in [1.807, 2.05) is 0 Å². The van der Waals surface area contributed by atoms with Gasteiger partial charge < -0.3 is 5.32 Å². The van der Waals surface area contributed by atoms with Crippen molar-refractivity contribution < 1.29 is 8.78 Å². The zero-order chi connectivity index (χ0) is 11.6. The van der Waals surface area contributed by atoms with Gasteiger partial charge in [-0.3, -0.25) is 0 Å². The summed E-state index contributed by atoms with van der Waals surface area (Å²) in [6, 6.07) is 8.50. The molecule has 1 heterocycles. The normalized spacial score (nSPS) is 20.4. The van der Waals surface area contributed by atoms with Crippen LogP contribution < -0.4 is 5.32 Å². The van der Waals surface area contributed by atoms with Gasteiger partial charge in [-0.1, -0.05) is 18.2 Å². The Labute approximate surface area is 92.2 Å². The van der Waals surface area contributed by atoms with E-state index in [1.54, 1.807) is 30.3 Å². The molecule has 0 aliphatic carbocycles. The highest BCUT2D eigenvalue weighted by Crippen LogP contribution is 2.40. The van der Waals surface area contributed by atoms with Gasteiger partial charge >= 0.3 is 0 Å². The molecule has 0 fully saturated rings. The van der Waals surface area contributed by atoms with Crippen LogP contribution in [0.1, 0.15) is 12.0 Å². The van der Waals surface area contributed by atoms with Gasteiger partial charge in [0.2, 0.25) is 0 Å². The second-order valence-electron chi connectivity index (χ2n) is 3.61. The number of allylic oxidation sites excluding steroid dienone is 2. The number of hydrogen-bond donors (Lipinski definition) is 1. The molecule has 16 heavy (non-hydrogen) atoms. The van der Waals surface area contributed by atoms with E-state index in [-0.39, 0.29) is 18.5 Å². The number of alkyl halides is 2. The van der Waals surface area contributed by atoms with E-state index in [0.29, 0.717) is 11.3 Å². The van der Waals surface area contributed by atoms with Crippen molar-refractivity contribution in [3.05, 3.63) is 35.9 Å². The van der Waals surface area contributed by atoms with Crippen LogP contribution in [0.15, 0.2) is 30.3 Å². The first-order valence-electron chi connectivity index (χ1n) is 4.96. The number of hydrogen-bond acceptors (Lipinski definition) is 2. The van der Waals surface area contributed by atoms with Gasteiger partial charge in [-0.05, 0) is 6.07 Å². The lowest BCUT2D eigenvalue weighted by atomic mass is 9.97. The Kier molecular flexibility index (Phi) is 2.61. The largest absolute Gasteiger partial charge is 0.384 e. The Morgan fingerprint density at radius 3 is 2.88 bits per heavy atom. The van der Waals surface area contributed by atoms with Crippen molar-refractivity contribution in [1.82, 2.24) is 0 Å². The van der Waals surface area contributed by atoms with Crippen LogP contribution in [0.2, 0.25) is 0 Å². The molecule has 2 nitrogen and oxygen atoms in total. The molecule has 0 spiro atoms. The van der Waals surface area contributed by atoms with Gasteiger partial charge in [-0.25, -0.2) is 8.78 Å². The number of benzene rings is 1. The predicted octanol–water partition coefficient (Wildman–Crippen LogP) is 3.04. The van der Waals surface area contributed by atoms with E-state index in [9.17, 15) is 8.78 Å². The Bertz CT molecular complexity index is 472. The third-order valence-corrected chi connectivity index (χ3v) is 2.57. The standard InChI is InChI=1S/C12H10F2N2/c13-12(14)6-8-16-11-4-2-1-3-9(11)10(12)5-7-15/h1-5,16H,6,8H2. The second kappa shape index (κ2) is 3.93. The van der Waals surface area contributed by atoms with Crippen LogP contribution in [0.25, 0.3) is 5.57 Å². The molecule has 0 unspecified atom stereocenters. The predicted molar refractivity (Wildman–Crippen MR) is 58.1 cm³/mol. The second-order valence-corrected chi connectivity index (χ2v) is 3.61. The molecule has 0 saturated carbocycles. The minimum absolute atomic E-state index is 0.199. The van der Waals surface area contributed by atoms with Crippen LogP contribution in [0.3, 0.4) is 0 Å². The molecule has 0 amide bonds. The number of para-hydroxylation sites is 1. The third-order valence-electron chi connectivity index (χ3n) is 2.57. The van der Waals surface area contributed by atoms with Crippen molar-refractivity contribution in [1.29, 1.82) is 5.26 Å². The number of halogens is 2. The molecule has 0 radical (unpaired) electrons. The average molecular weight is 220 g/mol. The highest BCUT2D eigenvalue weighted by Gasteiger charge is 2.37. The first-order chi connectivity index (χ1) is 7.65. The molecule has 1 aromatic rings. The molecular formula is C12H10F2N2. The molecule has 1 aliphatic heterocycles. The fourth-order valence-corrected chi connectivity index (χ4v) is 1.81. The first kappa shape index (κ1) is 10.6. The molecular weight excluding hydrogens is 210 g/mol. The Hall–Kier alpha value is -1.89. The highest BCUT2D eigenvalue weighted by atomic mass is 19.3. The van der Waals surface area contributed by atoms with Gasteiger partial charge in [-0.2, -0.15) is 5.26 Å². The summed E-state index contributed by atoms with van der Waals surface area (Å²) in [5.41, 5.74) is 0.864. The minimum atomic E-state index is -2.95. The van der Waals surface area contributed by atoms with Gasteiger partial charge in [0.15, 0.2) is 0 Å². The lowest BCUT2D eigenvalue weighted by Gasteiger charge is -2.16. The summed E-state index contributed by atoms with van der Waals surface area (Å²) in [7, 11) is 0. The number of fused-ring (bicyclic) bond motifs is 1. The Morgan fingerprint density at radius 1 is 1.38 bits per heavy atom. The Morgan fingerprint density at radius 2 is 2.12 bits per heavy atom. The summed E-state index contributed by atoms with van der Waals surface area (Å²) in [6.45, 7) is 0.201. The summed E-state index contributed by atoms with van der Waals surface area (Å²) in [6.07, 6.45) is 0.640. The van der Waals surface area contributed by atoms with E-state index in [4.69, 9.17) is 5.26 Å². The number of nitriles is 1. The number of rotatable bonds is 0. The molecule has 82 valence electrons. The van der Waals surface area contributed by atoms with Crippen molar-refractivity contribution >= 4 is 11.3 Å². The maximum absolute atomic E-state index is 13.7. The van der Waals surface area contributed by atoms with E-state index >= 15 is 0 Å². The lowest BCUT2D eigenvalue weighted by molar-refractivity contribution is 0.0621. The topological polar surface area (TPSA) is 35.8 Å². The summed E-state index contributed by atoms with van der Waals surface area (Å²) in [5, 5.41) is 11.5. The molecule has 1 aromatic carbocycles. The van der Waals surface area contributed by atoms with E-state index < -0.39 is 5.92 Å². The molecule has 0 aromatic heterocycles. The first-order valence-corrected chi connectivity index (χ1v) is 4.96. The molecule has 1 aliphatic rings. The number of nitrogens with zero attached hydrogens (tertiary/aromatic N) is 1. The van der Waals surface area contributed by atoms with Crippen molar-refractivity contribution in [2.24, 2.45) is 0 Å². The van der Waals surface area contributed by atoms with Crippen molar-refractivity contribution in [3.63, 3.8) is 0 Å². The van der Waals surface area contributed by atoms with Gasteiger partial charge in [0.1, 0.15) is 0 Å². The van der Waals surface area contributed by atoms with Gasteiger partial charge in [-0.15, -0.1) is 0 Å². The minimum Gasteiger partial charge on any atom is -0.384 e. The lowest BCUT2D eigenvalue weighted by Crippen LogP contribution is -2.19. The van der Waals surface area contributed by atoms with E-state index in [0.717, 1.165) is 6.08 Å². The van der Waals surface area contributed by atoms with E-state index in [2.05, 4.69) is 5.32 Å². The maximum Gasteiger partial charge on any atom is 0.276 e. The maximum atomic E-state index is 13.7. The number of anilines is 1. The van der Waals surface area contributed by atoms with Crippen molar-refractivity contribution in [2.75, 3.05) is 11.9 Å². The van der Waals surface area contributed by atoms with Gasteiger partial charge in [0.05, 0.1) is 6.07 Å². The van der Waals surface area contributed by atoms with Crippen molar-refractivity contribution in [3.8, 4) is 6.07 Å². The fraction of sp³-hybridized carbons (Fsp3) is 0.250. The summed E-state index contributed by atoms with van der Waals surface area (Å²) in [4.78, 5) is 0. The fourth-order valence-electron chi connectivity index (χ4n) is 1.81. The highest BCUT2D eigenvalue weighted by molar-refractivity contribution is 5.82. The van der Waals surface area contributed by atoms with Gasteiger partial charge in [0.25, 0.3) is 5.92 Å². The van der Waals surface area contributed by atoms with Crippen LogP contribution >= 0.6 is 0 Å². The van der Waals surface area contributed by atoms with Crippen LogP contribution in [0, 0.1) is 11.3 Å². The number of nitrogens with one attached hydrogen (secondary N) is 1. The third kappa shape index (κ3) is 1.76. The summed E-state index contributed by atoms with van der Waals surface area (Å²) < 4.78 is 27.5. The Balaban J connectivity index is 2.61. The SMILES string of the molecule is N#CC=C1c2ccccc2NCCC1(F)F. The zero-order valence-corrected chi connectivity index (χ0v) is 8.50. The molecule has 0 atom stereocenters. The molecule has 4 heteroatoms. The molecule has 0 bridgehead atoms. The van der Waals surface area contributed by atoms with Crippen LogP contribution in [0.5, 0.6) is 0 Å². The van der Waals surface area contributed by atoms with E-state index in [1.165, 1.54) is 0 Å². The van der Waals surface area contributed by atoms with Crippen LogP contribution in [-0.4, -0.2) is 12.5 Å². The molecule has 0 saturated heterocycles. The zero-order valence-electron chi connectivity index (χ0n) is 8.50. The van der Waals surface area contributed by atoms with Crippen LogP contribution in [-0.2, 0) is 0 Å². The average Bonchev–Trinajstić information content (AvgIpc) is 2.37. The smallest absolute Gasteiger partial charge is 0.276 e. The van der Waals surface area contributed by atoms with Gasteiger partial charge in [0, 0.05) is 35.9 Å². The molecule has 2 rings (SSSR count). The summed E-state index contributed by atoms with van der Waals surface area (Å²) in [5.74, 6) is -2.95. The molecule has 1 N–H and O–H groups in total. The van der Waals surface area contributed by atoms with Crippen molar-refractivity contribution in [2.45, 2.75) is 12.3 Å². The monoisotopic (exact) mass is 220 g/mol. The quantitative estimate of drug-likeness (QED) is 0.682.